The van der Waals surface area contributed by atoms with E-state index in [9.17, 15) is 0 Å². The molecule has 4 heteroatoms. The molecular weight excluding hydrogens is 258 g/mol. The second kappa shape index (κ2) is 5.84. The third kappa shape index (κ3) is 3.51. The maximum absolute atomic E-state index is 6.34. The van der Waals surface area contributed by atoms with Gasteiger partial charge in [-0.15, -0.1) is 0 Å². The van der Waals surface area contributed by atoms with E-state index in [-0.39, 0.29) is 0 Å². The second-order valence-corrected chi connectivity index (χ2v) is 6.88. The molecule has 1 aromatic rings. The van der Waals surface area contributed by atoms with Crippen molar-refractivity contribution >= 4 is 11.6 Å². The van der Waals surface area contributed by atoms with Crippen LogP contribution in [0.25, 0.3) is 0 Å². The number of rotatable bonds is 4. The number of halogens is 1. The van der Waals surface area contributed by atoms with Gasteiger partial charge in [-0.25, -0.2) is 0 Å². The molecule has 108 valence electrons. The monoisotopic (exact) mass is 283 g/mol. The minimum absolute atomic E-state index is 0.473. The van der Waals surface area contributed by atoms with Gasteiger partial charge in [0.05, 0.1) is 16.4 Å². The van der Waals surface area contributed by atoms with Gasteiger partial charge in [-0.2, -0.15) is 5.10 Å². The molecule has 0 aliphatic heterocycles. The minimum Gasteiger partial charge on any atom is -0.308 e. The highest BCUT2D eigenvalue weighted by atomic mass is 35.5. The minimum atomic E-state index is 0.473. The average Bonchev–Trinajstić information content (AvgIpc) is 2.62. The molecule has 0 amide bonds. The van der Waals surface area contributed by atoms with E-state index < -0.39 is 0 Å². The van der Waals surface area contributed by atoms with Crippen LogP contribution in [-0.4, -0.2) is 15.8 Å². The van der Waals surface area contributed by atoms with Gasteiger partial charge in [0.25, 0.3) is 0 Å². The SMILES string of the molecule is CCn1nc(C)c(Cl)c1CNC1CCCC(C)(C)C1. The Morgan fingerprint density at radius 1 is 1.47 bits per heavy atom. The topological polar surface area (TPSA) is 29.9 Å². The lowest BCUT2D eigenvalue weighted by molar-refractivity contribution is 0.197. The fraction of sp³-hybridized carbons (Fsp3) is 0.800. The van der Waals surface area contributed by atoms with Crippen LogP contribution >= 0.6 is 11.6 Å². The molecule has 1 atom stereocenters. The first-order chi connectivity index (χ1) is 8.93. The van der Waals surface area contributed by atoms with E-state index in [0.29, 0.717) is 11.5 Å². The van der Waals surface area contributed by atoms with E-state index in [4.69, 9.17) is 11.6 Å². The van der Waals surface area contributed by atoms with Crippen LogP contribution in [0.3, 0.4) is 0 Å². The van der Waals surface area contributed by atoms with Crippen molar-refractivity contribution in [3.05, 3.63) is 16.4 Å². The molecule has 1 aliphatic rings. The van der Waals surface area contributed by atoms with Gasteiger partial charge in [0.2, 0.25) is 0 Å². The highest BCUT2D eigenvalue weighted by Gasteiger charge is 2.27. The zero-order valence-corrected chi connectivity index (χ0v) is 13.3. The summed E-state index contributed by atoms with van der Waals surface area (Å²) in [5.41, 5.74) is 2.54. The van der Waals surface area contributed by atoms with Crippen molar-refractivity contribution in [1.29, 1.82) is 0 Å². The summed E-state index contributed by atoms with van der Waals surface area (Å²) in [6, 6.07) is 0.611. The molecule has 1 fully saturated rings. The smallest absolute Gasteiger partial charge is 0.0860 e. The molecule has 0 radical (unpaired) electrons. The molecule has 1 unspecified atom stereocenters. The summed E-state index contributed by atoms with van der Waals surface area (Å²) in [5, 5.41) is 8.97. The predicted octanol–water partition coefficient (Wildman–Crippen LogP) is 3.92. The third-order valence-corrected chi connectivity index (χ3v) is 4.71. The fourth-order valence-corrected chi connectivity index (χ4v) is 3.35. The van der Waals surface area contributed by atoms with Gasteiger partial charge >= 0.3 is 0 Å². The number of hydrogen-bond acceptors (Lipinski definition) is 2. The molecule has 0 aromatic carbocycles. The summed E-state index contributed by atoms with van der Waals surface area (Å²) in [4.78, 5) is 0. The highest BCUT2D eigenvalue weighted by Crippen LogP contribution is 2.35. The van der Waals surface area contributed by atoms with E-state index in [1.807, 2.05) is 11.6 Å². The highest BCUT2D eigenvalue weighted by molar-refractivity contribution is 6.31. The Balaban J connectivity index is 1.99. The van der Waals surface area contributed by atoms with Crippen molar-refractivity contribution in [1.82, 2.24) is 15.1 Å². The maximum atomic E-state index is 6.34. The molecule has 0 bridgehead atoms. The number of aromatic nitrogens is 2. The summed E-state index contributed by atoms with van der Waals surface area (Å²) in [7, 11) is 0. The first kappa shape index (κ1) is 14.9. The number of hydrogen-bond donors (Lipinski definition) is 1. The lowest BCUT2D eigenvalue weighted by Crippen LogP contribution is -2.37. The average molecular weight is 284 g/mol. The van der Waals surface area contributed by atoms with Gasteiger partial charge in [0.1, 0.15) is 0 Å². The van der Waals surface area contributed by atoms with Gasteiger partial charge in [-0.3, -0.25) is 4.68 Å². The lowest BCUT2D eigenvalue weighted by Gasteiger charge is -2.35. The summed E-state index contributed by atoms with van der Waals surface area (Å²) >= 11 is 6.34. The molecular formula is C15H26ClN3. The number of nitrogens with one attached hydrogen (secondary N) is 1. The molecule has 1 aliphatic carbocycles. The normalized spacial score (nSPS) is 22.7. The zero-order valence-electron chi connectivity index (χ0n) is 12.6. The molecule has 19 heavy (non-hydrogen) atoms. The Morgan fingerprint density at radius 3 is 2.84 bits per heavy atom. The van der Waals surface area contributed by atoms with E-state index in [2.05, 4.69) is 31.2 Å². The first-order valence-corrected chi connectivity index (χ1v) is 7.76. The Kier molecular flexibility index (Phi) is 4.57. The first-order valence-electron chi connectivity index (χ1n) is 7.38. The van der Waals surface area contributed by atoms with E-state index in [0.717, 1.165) is 29.5 Å². The van der Waals surface area contributed by atoms with Crippen LogP contribution in [0.5, 0.6) is 0 Å². The van der Waals surface area contributed by atoms with Crippen LogP contribution in [-0.2, 0) is 13.1 Å². The third-order valence-electron chi connectivity index (χ3n) is 4.22. The largest absolute Gasteiger partial charge is 0.308 e. The van der Waals surface area contributed by atoms with Gasteiger partial charge in [-0.1, -0.05) is 31.9 Å². The van der Waals surface area contributed by atoms with E-state index in [1.54, 1.807) is 0 Å². The van der Waals surface area contributed by atoms with Crippen molar-refractivity contribution in [3.63, 3.8) is 0 Å². The molecule has 0 spiro atoms. The molecule has 1 N–H and O–H groups in total. The van der Waals surface area contributed by atoms with Gasteiger partial charge < -0.3 is 5.32 Å². The van der Waals surface area contributed by atoms with Crippen molar-refractivity contribution in [2.24, 2.45) is 5.41 Å². The maximum Gasteiger partial charge on any atom is 0.0860 e. The second-order valence-electron chi connectivity index (χ2n) is 6.50. The van der Waals surface area contributed by atoms with Crippen molar-refractivity contribution in [2.45, 2.75) is 72.5 Å². The molecule has 0 saturated heterocycles. The van der Waals surface area contributed by atoms with Crippen LogP contribution in [0.4, 0.5) is 0 Å². The Hall–Kier alpha value is -0.540. The van der Waals surface area contributed by atoms with Crippen LogP contribution in [0.2, 0.25) is 5.02 Å². The van der Waals surface area contributed by atoms with Gasteiger partial charge in [0.15, 0.2) is 0 Å². The van der Waals surface area contributed by atoms with E-state index >= 15 is 0 Å². The molecule has 1 aromatic heterocycles. The molecule has 2 rings (SSSR count). The number of aryl methyl sites for hydroxylation is 2. The Morgan fingerprint density at radius 2 is 2.21 bits per heavy atom. The summed E-state index contributed by atoms with van der Waals surface area (Å²) in [6.45, 7) is 10.5. The fourth-order valence-electron chi connectivity index (χ4n) is 3.15. The molecule has 1 saturated carbocycles. The Labute approximate surface area is 121 Å². The zero-order chi connectivity index (χ0) is 14.0. The van der Waals surface area contributed by atoms with E-state index in [1.165, 1.54) is 25.7 Å². The predicted molar refractivity (Wildman–Crippen MR) is 80.5 cm³/mol. The quantitative estimate of drug-likeness (QED) is 0.907. The van der Waals surface area contributed by atoms with Crippen LogP contribution < -0.4 is 5.32 Å². The van der Waals surface area contributed by atoms with Gasteiger partial charge in [0, 0.05) is 19.1 Å². The summed E-state index contributed by atoms with van der Waals surface area (Å²) in [6.07, 6.45) is 5.20. The number of nitrogens with zero attached hydrogens (tertiary/aromatic N) is 2. The molecule has 1 heterocycles. The van der Waals surface area contributed by atoms with Crippen LogP contribution in [0.1, 0.15) is 57.8 Å². The summed E-state index contributed by atoms with van der Waals surface area (Å²) < 4.78 is 2.01. The van der Waals surface area contributed by atoms with Crippen LogP contribution in [0.15, 0.2) is 0 Å². The van der Waals surface area contributed by atoms with Crippen molar-refractivity contribution in [2.75, 3.05) is 0 Å². The van der Waals surface area contributed by atoms with Crippen LogP contribution in [0, 0.1) is 12.3 Å². The standard InChI is InChI=1S/C15H26ClN3/c1-5-19-13(14(16)11(2)18-19)10-17-12-7-6-8-15(3,4)9-12/h12,17H,5-10H2,1-4H3. The van der Waals surface area contributed by atoms with Gasteiger partial charge in [-0.05, 0) is 38.5 Å². The molecule has 3 nitrogen and oxygen atoms in total. The Bertz CT molecular complexity index is 437. The lowest BCUT2D eigenvalue weighted by atomic mass is 9.75. The van der Waals surface area contributed by atoms with Crippen molar-refractivity contribution < 1.29 is 0 Å². The van der Waals surface area contributed by atoms with Crippen molar-refractivity contribution in [3.8, 4) is 0 Å². The summed E-state index contributed by atoms with van der Waals surface area (Å²) in [5.74, 6) is 0.